The van der Waals surface area contributed by atoms with Gasteiger partial charge in [-0.3, -0.25) is 4.79 Å². The van der Waals surface area contributed by atoms with Crippen LogP contribution in [0, 0.1) is 0 Å². The third-order valence-corrected chi connectivity index (χ3v) is 7.40. The fraction of sp³-hybridized carbons (Fsp3) is 0.381. The van der Waals surface area contributed by atoms with Gasteiger partial charge in [0.25, 0.3) is 0 Å². The van der Waals surface area contributed by atoms with E-state index < -0.39 is 9.84 Å². The fourth-order valence-electron chi connectivity index (χ4n) is 3.61. The number of carbonyl (C=O) groups excluding carboxylic acids is 1. The Labute approximate surface area is 155 Å². The smallest absolute Gasteiger partial charge is 0.231 e. The van der Waals surface area contributed by atoms with Crippen LogP contribution >= 0.6 is 0 Å². The number of hydrogen-bond acceptors (Lipinski definition) is 3. The minimum atomic E-state index is -3.26. The van der Waals surface area contributed by atoms with Crippen molar-refractivity contribution in [2.24, 2.45) is 0 Å². The van der Waals surface area contributed by atoms with Crippen LogP contribution in [-0.4, -0.2) is 19.6 Å². The highest BCUT2D eigenvalue weighted by molar-refractivity contribution is 7.92. The monoisotopic (exact) mass is 371 g/mol. The SMILES string of the molecule is CC[C@@H](C(=O)Nc1ccc(S(=O)(=O)C2CCCC2)cc1)c1ccccc1. The number of benzene rings is 2. The summed E-state index contributed by atoms with van der Waals surface area (Å²) in [6, 6.07) is 16.2. The summed E-state index contributed by atoms with van der Waals surface area (Å²) in [6.07, 6.45) is 4.15. The maximum absolute atomic E-state index is 12.6. The molecule has 0 aliphatic heterocycles. The number of rotatable bonds is 6. The lowest BCUT2D eigenvalue weighted by Crippen LogP contribution is -2.21. The Morgan fingerprint density at radius 2 is 1.65 bits per heavy atom. The van der Waals surface area contributed by atoms with Crippen LogP contribution in [-0.2, 0) is 14.6 Å². The molecule has 1 amide bonds. The summed E-state index contributed by atoms with van der Waals surface area (Å²) in [7, 11) is -3.26. The lowest BCUT2D eigenvalue weighted by molar-refractivity contribution is -0.117. The van der Waals surface area contributed by atoms with E-state index in [1.54, 1.807) is 24.3 Å². The zero-order valence-corrected chi connectivity index (χ0v) is 15.8. The van der Waals surface area contributed by atoms with Crippen LogP contribution in [0.3, 0.4) is 0 Å². The molecule has 0 bridgehead atoms. The highest BCUT2D eigenvalue weighted by Gasteiger charge is 2.30. The topological polar surface area (TPSA) is 63.2 Å². The summed E-state index contributed by atoms with van der Waals surface area (Å²) in [5, 5.41) is 2.65. The minimum absolute atomic E-state index is 0.0786. The lowest BCUT2D eigenvalue weighted by atomic mass is 9.95. The minimum Gasteiger partial charge on any atom is -0.326 e. The van der Waals surface area contributed by atoms with E-state index in [1.165, 1.54) is 0 Å². The number of sulfone groups is 1. The molecule has 4 nitrogen and oxygen atoms in total. The molecular formula is C21H25NO3S. The largest absolute Gasteiger partial charge is 0.326 e. The summed E-state index contributed by atoms with van der Waals surface area (Å²) in [5.74, 6) is -0.303. The van der Waals surface area contributed by atoms with Crippen LogP contribution in [0.4, 0.5) is 5.69 Å². The van der Waals surface area contributed by atoms with Crippen molar-refractivity contribution in [3.8, 4) is 0 Å². The first-order valence-corrected chi connectivity index (χ1v) is 10.8. The van der Waals surface area contributed by atoms with E-state index in [-0.39, 0.29) is 17.1 Å². The van der Waals surface area contributed by atoms with Crippen molar-refractivity contribution < 1.29 is 13.2 Å². The van der Waals surface area contributed by atoms with Crippen molar-refractivity contribution >= 4 is 21.4 Å². The Morgan fingerprint density at radius 3 is 2.23 bits per heavy atom. The van der Waals surface area contributed by atoms with E-state index >= 15 is 0 Å². The molecule has 0 spiro atoms. The van der Waals surface area contributed by atoms with Gasteiger partial charge in [-0.15, -0.1) is 0 Å². The van der Waals surface area contributed by atoms with E-state index in [0.717, 1.165) is 31.2 Å². The molecule has 1 aliphatic carbocycles. The maximum Gasteiger partial charge on any atom is 0.231 e. The van der Waals surface area contributed by atoms with Gasteiger partial charge in [0.05, 0.1) is 16.1 Å². The summed E-state index contributed by atoms with van der Waals surface area (Å²) < 4.78 is 25.2. The van der Waals surface area contributed by atoms with E-state index in [0.29, 0.717) is 17.0 Å². The second-order valence-electron chi connectivity index (χ2n) is 6.84. The van der Waals surface area contributed by atoms with Crippen LogP contribution in [0.2, 0.25) is 0 Å². The molecule has 5 heteroatoms. The molecule has 0 radical (unpaired) electrons. The van der Waals surface area contributed by atoms with Gasteiger partial charge in [0.1, 0.15) is 0 Å². The predicted octanol–water partition coefficient (Wildman–Crippen LogP) is 4.54. The molecule has 26 heavy (non-hydrogen) atoms. The second kappa shape index (κ2) is 8.04. The lowest BCUT2D eigenvalue weighted by Gasteiger charge is -2.16. The molecule has 138 valence electrons. The Bertz CT molecular complexity index is 839. The molecule has 0 heterocycles. The van der Waals surface area contributed by atoms with Crippen LogP contribution in [0.25, 0.3) is 0 Å². The van der Waals surface area contributed by atoms with E-state index in [2.05, 4.69) is 5.32 Å². The molecule has 3 rings (SSSR count). The number of carbonyl (C=O) groups is 1. The van der Waals surface area contributed by atoms with Gasteiger partial charge < -0.3 is 5.32 Å². The zero-order chi connectivity index (χ0) is 18.6. The van der Waals surface area contributed by atoms with Gasteiger partial charge in [-0.2, -0.15) is 0 Å². The van der Waals surface area contributed by atoms with Gasteiger partial charge in [0.2, 0.25) is 5.91 Å². The average Bonchev–Trinajstić information content (AvgIpc) is 3.19. The summed E-state index contributed by atoms with van der Waals surface area (Å²) >= 11 is 0. The molecule has 0 saturated heterocycles. The van der Waals surface area contributed by atoms with Crippen molar-refractivity contribution in [3.63, 3.8) is 0 Å². The Kier molecular flexibility index (Phi) is 5.77. The normalized spacial score (nSPS) is 16.3. The first-order chi connectivity index (χ1) is 12.5. The van der Waals surface area contributed by atoms with E-state index in [4.69, 9.17) is 0 Å². The van der Waals surface area contributed by atoms with Gasteiger partial charge >= 0.3 is 0 Å². The van der Waals surface area contributed by atoms with Crippen molar-refractivity contribution in [1.29, 1.82) is 0 Å². The molecule has 1 atom stereocenters. The molecule has 0 aromatic heterocycles. The van der Waals surface area contributed by atoms with Crippen molar-refractivity contribution in [2.75, 3.05) is 5.32 Å². The zero-order valence-electron chi connectivity index (χ0n) is 15.0. The first kappa shape index (κ1) is 18.6. The van der Waals surface area contributed by atoms with Crippen LogP contribution in [0.5, 0.6) is 0 Å². The fourth-order valence-corrected chi connectivity index (χ4v) is 5.46. The average molecular weight is 372 g/mol. The van der Waals surface area contributed by atoms with Gasteiger partial charge in [-0.1, -0.05) is 50.1 Å². The molecule has 1 N–H and O–H groups in total. The van der Waals surface area contributed by atoms with Crippen LogP contribution in [0.15, 0.2) is 59.5 Å². The summed E-state index contributed by atoms with van der Waals surface area (Å²) in [6.45, 7) is 1.98. The van der Waals surface area contributed by atoms with Gasteiger partial charge in [0.15, 0.2) is 9.84 Å². The Morgan fingerprint density at radius 1 is 1.04 bits per heavy atom. The van der Waals surface area contributed by atoms with Crippen molar-refractivity contribution in [2.45, 2.75) is 55.1 Å². The highest BCUT2D eigenvalue weighted by atomic mass is 32.2. The molecule has 1 aliphatic rings. The predicted molar refractivity (Wildman–Crippen MR) is 104 cm³/mol. The van der Waals surface area contributed by atoms with Crippen LogP contribution in [0.1, 0.15) is 50.5 Å². The number of nitrogens with one attached hydrogen (secondary N) is 1. The number of hydrogen-bond donors (Lipinski definition) is 1. The molecule has 2 aromatic carbocycles. The maximum atomic E-state index is 12.6. The molecular weight excluding hydrogens is 346 g/mol. The second-order valence-corrected chi connectivity index (χ2v) is 9.06. The number of amides is 1. The Hall–Kier alpha value is -2.14. The van der Waals surface area contributed by atoms with Gasteiger partial charge in [0, 0.05) is 5.69 Å². The van der Waals surface area contributed by atoms with Crippen LogP contribution < -0.4 is 5.32 Å². The molecule has 1 fully saturated rings. The number of anilines is 1. The highest BCUT2D eigenvalue weighted by Crippen LogP contribution is 2.30. The van der Waals surface area contributed by atoms with Gasteiger partial charge in [-0.05, 0) is 49.1 Å². The Balaban J connectivity index is 1.72. The van der Waals surface area contributed by atoms with E-state index in [9.17, 15) is 13.2 Å². The van der Waals surface area contributed by atoms with Crippen molar-refractivity contribution in [1.82, 2.24) is 0 Å². The third-order valence-electron chi connectivity index (χ3n) is 5.12. The summed E-state index contributed by atoms with van der Waals surface area (Å²) in [5.41, 5.74) is 1.60. The summed E-state index contributed by atoms with van der Waals surface area (Å²) in [4.78, 5) is 13.0. The molecule has 2 aromatic rings. The van der Waals surface area contributed by atoms with Gasteiger partial charge in [-0.25, -0.2) is 8.42 Å². The molecule has 1 saturated carbocycles. The standard InChI is InChI=1S/C21H25NO3S/c1-2-20(16-8-4-3-5-9-16)21(23)22-17-12-14-19(15-13-17)26(24,25)18-10-6-7-11-18/h3-5,8-9,12-15,18,20H,2,6-7,10-11H2,1H3,(H,22,23)/t20-/m1/s1. The van der Waals surface area contributed by atoms with E-state index in [1.807, 2.05) is 37.3 Å². The first-order valence-electron chi connectivity index (χ1n) is 9.22. The third kappa shape index (κ3) is 3.98. The van der Waals surface area contributed by atoms with Crippen molar-refractivity contribution in [3.05, 3.63) is 60.2 Å². The molecule has 0 unspecified atom stereocenters. The quantitative estimate of drug-likeness (QED) is 0.811.